The van der Waals surface area contributed by atoms with Crippen molar-refractivity contribution >= 4 is 33.8 Å². The zero-order valence-electron chi connectivity index (χ0n) is 14.5. The molecule has 0 heterocycles. The average molecular weight is 391 g/mol. The molecule has 0 saturated carbocycles. The van der Waals surface area contributed by atoms with E-state index in [1.807, 2.05) is 60.7 Å². The Morgan fingerprint density at radius 1 is 1.08 bits per heavy atom. The van der Waals surface area contributed by atoms with Crippen LogP contribution in [0.1, 0.15) is 5.56 Å². The van der Waals surface area contributed by atoms with Gasteiger partial charge in [-0.3, -0.25) is 4.79 Å². The number of nitrogens with one attached hydrogen (secondary N) is 1. The van der Waals surface area contributed by atoms with E-state index in [1.54, 1.807) is 11.8 Å². The number of hydrogen-bond donors (Lipinski definition) is 1. The zero-order chi connectivity index (χ0) is 18.8. The lowest BCUT2D eigenvalue weighted by molar-refractivity contribution is -0.120. The van der Waals surface area contributed by atoms with E-state index >= 15 is 0 Å². The van der Waals surface area contributed by atoms with Gasteiger partial charge in [0.05, 0.1) is 6.54 Å². The molecule has 0 aromatic heterocycles. The van der Waals surface area contributed by atoms with E-state index in [0.717, 1.165) is 25.9 Å². The van der Waals surface area contributed by atoms with Crippen molar-refractivity contribution in [1.82, 2.24) is 9.62 Å². The predicted octanol–water partition coefficient (Wildman–Crippen LogP) is 2.83. The van der Waals surface area contributed by atoms with Gasteiger partial charge in [0.1, 0.15) is 0 Å². The van der Waals surface area contributed by atoms with Crippen LogP contribution in [0.25, 0.3) is 6.08 Å². The second kappa shape index (κ2) is 10.2. The van der Waals surface area contributed by atoms with Crippen LogP contribution >= 0.6 is 11.8 Å². The maximum atomic E-state index is 12.2. The third kappa shape index (κ3) is 7.03. The van der Waals surface area contributed by atoms with Gasteiger partial charge in [0.15, 0.2) is 0 Å². The Morgan fingerprint density at radius 2 is 1.69 bits per heavy atom. The second-order valence-electron chi connectivity index (χ2n) is 5.53. The highest BCUT2D eigenvalue weighted by molar-refractivity contribution is 7.99. The van der Waals surface area contributed by atoms with Crippen LogP contribution in [-0.4, -0.2) is 44.5 Å². The molecule has 1 N–H and O–H groups in total. The van der Waals surface area contributed by atoms with Crippen LogP contribution < -0.4 is 5.32 Å². The lowest BCUT2D eigenvalue weighted by Gasteiger charge is -2.14. The van der Waals surface area contributed by atoms with Crippen molar-refractivity contribution < 1.29 is 13.2 Å². The molecule has 0 saturated heterocycles. The van der Waals surface area contributed by atoms with E-state index in [-0.39, 0.29) is 12.5 Å². The Kier molecular flexibility index (Phi) is 7.90. The van der Waals surface area contributed by atoms with Gasteiger partial charge in [-0.1, -0.05) is 48.5 Å². The van der Waals surface area contributed by atoms with Crippen molar-refractivity contribution in [2.75, 3.05) is 25.9 Å². The quantitative estimate of drug-likeness (QED) is 0.528. The Balaban J connectivity index is 1.75. The van der Waals surface area contributed by atoms with Gasteiger partial charge in [0, 0.05) is 29.6 Å². The number of carbonyl (C=O) groups excluding carboxylic acids is 1. The van der Waals surface area contributed by atoms with Crippen LogP contribution in [-0.2, 0) is 14.8 Å². The first-order valence-corrected chi connectivity index (χ1v) is 10.6. The van der Waals surface area contributed by atoms with E-state index in [4.69, 9.17) is 0 Å². The highest BCUT2D eigenvalue weighted by Gasteiger charge is 2.17. The molecule has 0 unspecified atom stereocenters. The van der Waals surface area contributed by atoms with E-state index in [9.17, 15) is 13.2 Å². The number of sulfonamides is 1. The van der Waals surface area contributed by atoms with Crippen molar-refractivity contribution in [1.29, 1.82) is 0 Å². The van der Waals surface area contributed by atoms with Crippen LogP contribution in [0.4, 0.5) is 0 Å². The second-order valence-corrected chi connectivity index (χ2v) is 8.62. The molecule has 2 rings (SSSR count). The van der Waals surface area contributed by atoms with E-state index in [0.29, 0.717) is 6.54 Å². The number of carbonyl (C=O) groups is 1. The molecule has 2 aromatic rings. The van der Waals surface area contributed by atoms with Crippen LogP contribution in [0.2, 0.25) is 0 Å². The molecule has 5 nitrogen and oxygen atoms in total. The molecule has 0 radical (unpaired) electrons. The van der Waals surface area contributed by atoms with Crippen molar-refractivity contribution in [2.45, 2.75) is 4.90 Å². The minimum absolute atomic E-state index is 0.211. The van der Waals surface area contributed by atoms with Gasteiger partial charge >= 0.3 is 0 Å². The van der Waals surface area contributed by atoms with Gasteiger partial charge in [-0.15, -0.1) is 11.8 Å². The molecular formula is C19H22N2O3S2. The van der Waals surface area contributed by atoms with Gasteiger partial charge < -0.3 is 5.32 Å². The number of thioether (sulfide) groups is 1. The monoisotopic (exact) mass is 390 g/mol. The van der Waals surface area contributed by atoms with Crippen molar-refractivity contribution in [3.63, 3.8) is 0 Å². The highest BCUT2D eigenvalue weighted by Crippen LogP contribution is 2.15. The van der Waals surface area contributed by atoms with Crippen molar-refractivity contribution in [3.8, 4) is 0 Å². The Bertz CT molecular complexity index is 822. The van der Waals surface area contributed by atoms with Crippen LogP contribution in [0.3, 0.4) is 0 Å². The summed E-state index contributed by atoms with van der Waals surface area (Å²) in [6.45, 7) is 0.267. The number of amides is 1. The third-order valence-electron chi connectivity index (χ3n) is 3.47. The van der Waals surface area contributed by atoms with Gasteiger partial charge in [0.2, 0.25) is 15.9 Å². The summed E-state index contributed by atoms with van der Waals surface area (Å²) in [4.78, 5) is 13.1. The van der Waals surface area contributed by atoms with Gasteiger partial charge in [-0.05, 0) is 23.8 Å². The fourth-order valence-electron chi connectivity index (χ4n) is 2.06. The number of likely N-dealkylation sites (N-methyl/N-ethyl adjacent to an activating group) is 1. The normalized spacial score (nSPS) is 11.8. The molecule has 2 aromatic carbocycles. The summed E-state index contributed by atoms with van der Waals surface area (Å²) in [6, 6.07) is 19.0. The number of nitrogens with zero attached hydrogens (tertiary/aromatic N) is 1. The SMILES string of the molecule is CN(CC(=O)NCCSc1ccccc1)S(=O)(=O)/C=C/c1ccccc1. The van der Waals surface area contributed by atoms with Crippen LogP contribution in [0.15, 0.2) is 71.0 Å². The molecule has 7 heteroatoms. The maximum absolute atomic E-state index is 12.2. The summed E-state index contributed by atoms with van der Waals surface area (Å²) in [7, 11) is -2.25. The molecule has 0 aliphatic carbocycles. The first-order chi connectivity index (χ1) is 12.5. The number of hydrogen-bond acceptors (Lipinski definition) is 4. The summed E-state index contributed by atoms with van der Waals surface area (Å²) >= 11 is 1.63. The topological polar surface area (TPSA) is 66.5 Å². The lowest BCUT2D eigenvalue weighted by Crippen LogP contribution is -2.38. The first kappa shape index (κ1) is 20.2. The number of rotatable bonds is 9. The molecule has 0 fully saturated rings. The Morgan fingerprint density at radius 3 is 2.35 bits per heavy atom. The average Bonchev–Trinajstić information content (AvgIpc) is 2.65. The molecule has 138 valence electrons. The van der Waals surface area contributed by atoms with Gasteiger partial charge in [-0.25, -0.2) is 8.42 Å². The van der Waals surface area contributed by atoms with E-state index in [2.05, 4.69) is 5.32 Å². The van der Waals surface area contributed by atoms with E-state index in [1.165, 1.54) is 13.1 Å². The smallest absolute Gasteiger partial charge is 0.236 e. The Hall–Kier alpha value is -2.09. The predicted molar refractivity (Wildman–Crippen MR) is 107 cm³/mol. The largest absolute Gasteiger partial charge is 0.354 e. The molecule has 0 bridgehead atoms. The summed E-state index contributed by atoms with van der Waals surface area (Å²) in [5.41, 5.74) is 0.784. The molecular weight excluding hydrogens is 368 g/mol. The molecule has 0 aliphatic heterocycles. The fourth-order valence-corrected chi connectivity index (χ4v) is 3.68. The van der Waals surface area contributed by atoms with Gasteiger partial charge in [-0.2, -0.15) is 4.31 Å². The molecule has 0 spiro atoms. The fraction of sp³-hybridized carbons (Fsp3) is 0.211. The van der Waals surface area contributed by atoms with Crippen LogP contribution in [0, 0.1) is 0 Å². The molecule has 0 aliphatic rings. The zero-order valence-corrected chi connectivity index (χ0v) is 16.2. The summed E-state index contributed by atoms with van der Waals surface area (Å²) in [5, 5.41) is 3.85. The van der Waals surface area contributed by atoms with Crippen LogP contribution in [0.5, 0.6) is 0 Å². The Labute approximate surface area is 159 Å². The summed E-state index contributed by atoms with van der Waals surface area (Å²) in [5.74, 6) is 0.401. The third-order valence-corrected chi connectivity index (χ3v) is 5.96. The minimum atomic E-state index is -3.64. The molecule has 1 amide bonds. The van der Waals surface area contributed by atoms with Crippen molar-refractivity contribution in [3.05, 3.63) is 71.6 Å². The summed E-state index contributed by atoms with van der Waals surface area (Å²) in [6.07, 6.45) is 1.51. The summed E-state index contributed by atoms with van der Waals surface area (Å²) < 4.78 is 25.5. The highest BCUT2D eigenvalue weighted by atomic mass is 32.2. The lowest BCUT2D eigenvalue weighted by atomic mass is 10.2. The first-order valence-electron chi connectivity index (χ1n) is 8.11. The molecule has 26 heavy (non-hydrogen) atoms. The standard InChI is InChI=1S/C19H22N2O3S2/c1-21(26(23,24)15-12-17-8-4-2-5-9-17)16-19(22)20-13-14-25-18-10-6-3-7-11-18/h2-12,15H,13-14,16H2,1H3,(H,20,22)/b15-12+. The minimum Gasteiger partial charge on any atom is -0.354 e. The maximum Gasteiger partial charge on any atom is 0.236 e. The number of benzene rings is 2. The van der Waals surface area contributed by atoms with Crippen molar-refractivity contribution in [2.24, 2.45) is 0 Å². The van der Waals surface area contributed by atoms with E-state index < -0.39 is 10.0 Å². The molecule has 0 atom stereocenters. The van der Waals surface area contributed by atoms with Gasteiger partial charge in [0.25, 0.3) is 0 Å².